The van der Waals surface area contributed by atoms with Crippen LogP contribution in [-0.4, -0.2) is 0 Å². The Kier molecular flexibility index (Phi) is 11.2. The first-order valence-corrected chi connectivity index (χ1v) is 19.7. The number of aryl methyl sites for hydroxylation is 5. The quantitative estimate of drug-likeness (QED) is 0.139. The van der Waals surface area contributed by atoms with Gasteiger partial charge in [0.05, 0.1) is 0 Å². The molecule has 0 bridgehead atoms. The summed E-state index contributed by atoms with van der Waals surface area (Å²) in [4.78, 5) is 12.8. The predicted molar refractivity (Wildman–Crippen MR) is 208 cm³/mol. The fraction of sp³-hybridized carbons (Fsp3) is 0.143. The molecule has 0 aliphatic carbocycles. The molecule has 6 aromatic carbocycles. The largest absolute Gasteiger partial charge is 0.0885 e. The summed E-state index contributed by atoms with van der Waals surface area (Å²) in [7, 11) is 0. The van der Waals surface area contributed by atoms with Crippen LogP contribution in [0.5, 0.6) is 0 Å². The molecule has 0 atom stereocenters. The van der Waals surface area contributed by atoms with Crippen LogP contribution in [0.3, 0.4) is 0 Å². The molecule has 0 radical (unpaired) electrons. The lowest BCUT2D eigenvalue weighted by Gasteiger charge is -2.24. The van der Waals surface area contributed by atoms with Crippen LogP contribution < -0.4 is 0 Å². The highest BCUT2D eigenvalue weighted by atomic mass is 32.2. The molecule has 6 rings (SSSR count). The van der Waals surface area contributed by atoms with E-state index in [-0.39, 0.29) is 0 Å². The van der Waals surface area contributed by atoms with Crippen molar-refractivity contribution in [2.75, 3.05) is 0 Å². The van der Waals surface area contributed by atoms with Gasteiger partial charge in [-0.2, -0.15) is 0 Å². The van der Waals surface area contributed by atoms with Gasteiger partial charge in [0.1, 0.15) is 0 Å². The van der Waals surface area contributed by atoms with Gasteiger partial charge in [-0.05, 0) is 108 Å². The molecule has 0 spiro atoms. The predicted octanol–water partition coefficient (Wildman–Crippen LogP) is 14.3. The van der Waals surface area contributed by atoms with Crippen molar-refractivity contribution >= 4 is 58.8 Å². The SMILES string of the molecule is Cc1ccc(Sc2c(C)c(Sc3ccc(C)cc3)c(Sc3ccc(C)cc3)c(Sc3ccc(C)cc3)c2Sc2ccc(C)cc2)cc1. The summed E-state index contributed by atoms with van der Waals surface area (Å²) >= 11 is 9.44. The average Bonchev–Trinajstić information content (AvgIpc) is 3.07. The molecule has 0 aliphatic rings. The Balaban J connectivity index is 1.63. The highest BCUT2D eigenvalue weighted by Gasteiger charge is 2.26. The summed E-state index contributed by atoms with van der Waals surface area (Å²) in [5, 5.41) is 0. The van der Waals surface area contributed by atoms with Crippen LogP contribution in [-0.2, 0) is 0 Å². The van der Waals surface area contributed by atoms with Gasteiger partial charge in [-0.1, -0.05) is 147 Å². The third-order valence-corrected chi connectivity index (χ3v) is 14.0. The monoisotopic (exact) mass is 702 g/mol. The molecule has 0 aliphatic heterocycles. The van der Waals surface area contributed by atoms with Gasteiger partial charge in [0.25, 0.3) is 0 Å². The van der Waals surface area contributed by atoms with E-state index in [0.717, 1.165) is 0 Å². The molecule has 5 heteroatoms. The molecular weight excluding hydrogens is 665 g/mol. The molecule has 0 saturated heterocycles. The molecule has 6 aromatic rings. The lowest BCUT2D eigenvalue weighted by atomic mass is 10.2. The summed E-state index contributed by atoms with van der Waals surface area (Å²) < 4.78 is 0. The summed E-state index contributed by atoms with van der Waals surface area (Å²) in [6.07, 6.45) is 0. The van der Waals surface area contributed by atoms with E-state index in [1.54, 1.807) is 0 Å². The lowest BCUT2D eigenvalue weighted by molar-refractivity contribution is 0.917. The van der Waals surface area contributed by atoms with E-state index in [1.807, 2.05) is 58.8 Å². The van der Waals surface area contributed by atoms with E-state index < -0.39 is 0 Å². The highest BCUT2D eigenvalue weighted by molar-refractivity contribution is 8.05. The van der Waals surface area contributed by atoms with Crippen LogP contribution in [0.2, 0.25) is 0 Å². The minimum atomic E-state index is 1.24. The molecular formula is C42H38S5. The molecule has 0 heterocycles. The Morgan fingerprint density at radius 1 is 0.234 bits per heavy atom. The summed E-state index contributed by atoms with van der Waals surface area (Å²) in [5.41, 5.74) is 7.68. The third-order valence-electron chi connectivity index (χ3n) is 7.71. The van der Waals surface area contributed by atoms with Gasteiger partial charge in [0.15, 0.2) is 0 Å². The first kappa shape index (κ1) is 34.0. The molecule has 0 N–H and O–H groups in total. The third kappa shape index (κ3) is 8.76. The van der Waals surface area contributed by atoms with Crippen molar-refractivity contribution in [1.82, 2.24) is 0 Å². The van der Waals surface area contributed by atoms with E-state index in [1.165, 1.54) is 82.3 Å². The molecule has 0 amide bonds. The zero-order chi connectivity index (χ0) is 32.9. The standard InChI is InChI=1S/C42H38S5/c1-27-7-17-33(18-8-27)43-38-32(6)39(44-34-19-9-28(2)10-20-34)41(46-36-23-13-30(4)14-24-36)42(47-37-25-15-31(5)16-26-37)40(38)45-35-21-11-29(3)12-22-35/h7-26H,1-6H3. The summed E-state index contributed by atoms with van der Waals surface area (Å²) in [6, 6.07) is 44.8. The first-order valence-electron chi connectivity index (χ1n) is 15.6. The van der Waals surface area contributed by atoms with Crippen molar-refractivity contribution < 1.29 is 0 Å². The smallest absolute Gasteiger partial charge is 0.0424 e. The van der Waals surface area contributed by atoms with E-state index in [0.29, 0.717) is 0 Å². The van der Waals surface area contributed by atoms with Gasteiger partial charge < -0.3 is 0 Å². The Bertz CT molecular complexity index is 1840. The van der Waals surface area contributed by atoms with Crippen LogP contribution in [0, 0.1) is 41.5 Å². The highest BCUT2D eigenvalue weighted by Crippen LogP contribution is 2.56. The Labute approximate surface area is 302 Å². The minimum Gasteiger partial charge on any atom is -0.0885 e. The van der Waals surface area contributed by atoms with Crippen molar-refractivity contribution in [3.8, 4) is 0 Å². The maximum Gasteiger partial charge on any atom is 0.0424 e. The molecule has 236 valence electrons. The van der Waals surface area contributed by atoms with Gasteiger partial charge in [-0.3, -0.25) is 0 Å². The first-order chi connectivity index (χ1) is 22.7. The van der Waals surface area contributed by atoms with Crippen molar-refractivity contribution in [2.24, 2.45) is 0 Å². The second-order valence-corrected chi connectivity index (χ2v) is 17.3. The van der Waals surface area contributed by atoms with Crippen LogP contribution in [0.25, 0.3) is 0 Å². The molecule has 0 saturated carbocycles. The summed E-state index contributed by atoms with van der Waals surface area (Å²) in [5.74, 6) is 0. The van der Waals surface area contributed by atoms with Crippen molar-refractivity contribution in [2.45, 2.75) is 90.5 Å². The van der Waals surface area contributed by atoms with Gasteiger partial charge in [-0.15, -0.1) is 0 Å². The maximum atomic E-state index is 2.33. The van der Waals surface area contributed by atoms with Crippen LogP contribution in [0.1, 0.15) is 33.4 Å². The van der Waals surface area contributed by atoms with E-state index in [4.69, 9.17) is 0 Å². The fourth-order valence-corrected chi connectivity index (χ4v) is 10.9. The second-order valence-electron chi connectivity index (χ2n) is 11.8. The normalized spacial score (nSPS) is 11.2. The van der Waals surface area contributed by atoms with E-state index >= 15 is 0 Å². The van der Waals surface area contributed by atoms with Gasteiger partial charge in [0.2, 0.25) is 0 Å². The Hall–Kier alpha value is -2.93. The van der Waals surface area contributed by atoms with Crippen LogP contribution in [0.15, 0.2) is 170 Å². The second kappa shape index (κ2) is 15.5. The van der Waals surface area contributed by atoms with Crippen LogP contribution in [0.4, 0.5) is 0 Å². The molecule has 0 aromatic heterocycles. The molecule has 0 nitrogen and oxygen atoms in total. The zero-order valence-electron chi connectivity index (χ0n) is 27.6. The van der Waals surface area contributed by atoms with Gasteiger partial charge >= 0.3 is 0 Å². The van der Waals surface area contributed by atoms with Crippen molar-refractivity contribution in [3.63, 3.8) is 0 Å². The van der Waals surface area contributed by atoms with Crippen molar-refractivity contribution in [3.05, 3.63) is 155 Å². The Morgan fingerprint density at radius 2 is 0.404 bits per heavy atom. The van der Waals surface area contributed by atoms with E-state index in [2.05, 4.69) is 163 Å². The fourth-order valence-electron chi connectivity index (χ4n) is 4.90. The van der Waals surface area contributed by atoms with Gasteiger partial charge in [0, 0.05) is 49.0 Å². The molecule has 0 unspecified atom stereocenters. The van der Waals surface area contributed by atoms with Crippen LogP contribution >= 0.6 is 58.8 Å². The minimum absolute atomic E-state index is 1.24. The number of benzene rings is 6. The van der Waals surface area contributed by atoms with Crippen molar-refractivity contribution in [1.29, 1.82) is 0 Å². The lowest BCUT2D eigenvalue weighted by Crippen LogP contribution is -1.97. The number of hydrogen-bond donors (Lipinski definition) is 0. The summed E-state index contributed by atoms with van der Waals surface area (Å²) in [6.45, 7) is 13.1. The topological polar surface area (TPSA) is 0 Å². The Morgan fingerprint density at radius 3 is 0.617 bits per heavy atom. The van der Waals surface area contributed by atoms with Gasteiger partial charge in [-0.25, -0.2) is 0 Å². The number of rotatable bonds is 10. The maximum absolute atomic E-state index is 2.33. The van der Waals surface area contributed by atoms with E-state index in [9.17, 15) is 0 Å². The number of hydrogen-bond acceptors (Lipinski definition) is 5. The zero-order valence-corrected chi connectivity index (χ0v) is 31.7. The molecule has 47 heavy (non-hydrogen) atoms. The molecule has 0 fully saturated rings. The average molecular weight is 703 g/mol.